The normalized spacial score (nSPS) is 27.3. The van der Waals surface area contributed by atoms with Crippen LogP contribution in [0.4, 0.5) is 4.79 Å². The van der Waals surface area contributed by atoms with Gasteiger partial charge in [-0.25, -0.2) is 4.79 Å². The first kappa shape index (κ1) is 16.0. The van der Waals surface area contributed by atoms with Gasteiger partial charge in [0.05, 0.1) is 5.52 Å². The zero-order chi connectivity index (χ0) is 17.4. The van der Waals surface area contributed by atoms with Crippen molar-refractivity contribution >= 4 is 22.8 Å². The lowest BCUT2D eigenvalue weighted by molar-refractivity contribution is -0.126. The number of pyridine rings is 1. The topological polar surface area (TPSA) is 74.3 Å². The number of imide groups is 1. The van der Waals surface area contributed by atoms with Crippen LogP contribution >= 0.6 is 0 Å². The minimum Gasteiger partial charge on any atom is -0.323 e. The maximum atomic E-state index is 12.2. The average molecular weight is 338 g/mol. The summed E-state index contributed by atoms with van der Waals surface area (Å²) in [4.78, 5) is 30.7. The molecule has 0 spiro atoms. The van der Waals surface area contributed by atoms with Crippen LogP contribution in [0.5, 0.6) is 0 Å². The molecular weight excluding hydrogens is 316 g/mol. The van der Waals surface area contributed by atoms with Crippen molar-refractivity contribution in [1.82, 2.24) is 20.5 Å². The van der Waals surface area contributed by atoms with Gasteiger partial charge in [-0.1, -0.05) is 24.3 Å². The van der Waals surface area contributed by atoms with E-state index in [1.54, 1.807) is 0 Å². The van der Waals surface area contributed by atoms with Crippen molar-refractivity contribution in [3.63, 3.8) is 0 Å². The van der Waals surface area contributed by atoms with E-state index in [2.05, 4.69) is 44.8 Å². The summed E-state index contributed by atoms with van der Waals surface area (Å²) in [5.74, 6) is -0.105. The van der Waals surface area contributed by atoms with E-state index in [-0.39, 0.29) is 17.9 Å². The van der Waals surface area contributed by atoms with Gasteiger partial charge in [0.2, 0.25) is 0 Å². The summed E-state index contributed by atoms with van der Waals surface area (Å²) < 4.78 is 0. The molecule has 2 N–H and O–H groups in total. The van der Waals surface area contributed by atoms with Crippen LogP contribution in [0, 0.1) is 5.92 Å². The molecule has 25 heavy (non-hydrogen) atoms. The number of urea groups is 1. The molecule has 3 heterocycles. The summed E-state index contributed by atoms with van der Waals surface area (Å²) in [6.45, 7) is 4.41. The summed E-state index contributed by atoms with van der Waals surface area (Å²) in [5, 5.41) is 6.34. The molecule has 2 atom stereocenters. The van der Waals surface area contributed by atoms with Gasteiger partial charge in [0.1, 0.15) is 5.54 Å². The van der Waals surface area contributed by atoms with Crippen molar-refractivity contribution in [2.75, 3.05) is 13.1 Å². The summed E-state index contributed by atoms with van der Waals surface area (Å²) in [6, 6.07) is 9.89. The monoisotopic (exact) mass is 338 g/mol. The zero-order valence-corrected chi connectivity index (χ0v) is 14.3. The highest BCUT2D eigenvalue weighted by molar-refractivity contribution is 6.07. The molecule has 2 aromatic rings. The van der Waals surface area contributed by atoms with Gasteiger partial charge in [0, 0.05) is 30.6 Å². The predicted molar refractivity (Wildman–Crippen MR) is 94.8 cm³/mol. The van der Waals surface area contributed by atoms with Gasteiger partial charge in [-0.3, -0.25) is 20.0 Å². The Morgan fingerprint density at radius 2 is 2.12 bits per heavy atom. The predicted octanol–water partition coefficient (Wildman–Crippen LogP) is 2.04. The second-order valence-corrected chi connectivity index (χ2v) is 7.18. The molecule has 6 heteroatoms. The highest BCUT2D eigenvalue weighted by atomic mass is 16.2. The molecule has 4 rings (SSSR count). The van der Waals surface area contributed by atoms with Crippen LogP contribution in [0.3, 0.4) is 0 Å². The second kappa shape index (κ2) is 6.11. The van der Waals surface area contributed by atoms with Crippen molar-refractivity contribution in [2.45, 2.75) is 31.8 Å². The molecule has 3 amide bonds. The first-order valence-electron chi connectivity index (χ1n) is 8.75. The van der Waals surface area contributed by atoms with Crippen molar-refractivity contribution < 1.29 is 9.59 Å². The zero-order valence-electron chi connectivity index (χ0n) is 14.3. The Morgan fingerprint density at radius 3 is 2.92 bits per heavy atom. The number of nitrogens with zero attached hydrogens (tertiary/aromatic N) is 2. The lowest BCUT2D eigenvalue weighted by Gasteiger charge is -2.39. The van der Waals surface area contributed by atoms with Gasteiger partial charge in [-0.05, 0) is 37.9 Å². The van der Waals surface area contributed by atoms with Crippen LogP contribution in [0.2, 0.25) is 0 Å². The minimum absolute atomic E-state index is 0.107. The summed E-state index contributed by atoms with van der Waals surface area (Å²) in [7, 11) is 0. The lowest BCUT2D eigenvalue weighted by atomic mass is 9.80. The van der Waals surface area contributed by atoms with Crippen molar-refractivity contribution in [2.24, 2.45) is 5.92 Å². The standard InChI is InChI=1S/C19H22N4O2/c1-19(17(24)21-18(25)22-19)15-8-4-10-23(12-15)11-14-6-2-5-13-7-3-9-20-16(13)14/h2-3,5-7,9,15H,4,8,10-12H2,1H3,(H2,21,22,24,25)/t15-,19+/m0/s1. The van der Waals surface area contributed by atoms with Crippen LogP contribution in [0.15, 0.2) is 36.5 Å². The molecule has 1 aromatic heterocycles. The Balaban J connectivity index is 1.54. The molecule has 0 bridgehead atoms. The van der Waals surface area contributed by atoms with Crippen molar-refractivity contribution in [1.29, 1.82) is 0 Å². The molecule has 2 aliphatic rings. The lowest BCUT2D eigenvalue weighted by Crippen LogP contribution is -2.55. The molecule has 0 aliphatic carbocycles. The first-order valence-corrected chi connectivity index (χ1v) is 8.75. The number of amides is 3. The Labute approximate surface area is 146 Å². The fourth-order valence-electron chi connectivity index (χ4n) is 4.05. The van der Waals surface area contributed by atoms with Crippen molar-refractivity contribution in [3.8, 4) is 0 Å². The quantitative estimate of drug-likeness (QED) is 0.840. The number of nitrogens with one attached hydrogen (secondary N) is 2. The summed E-state index contributed by atoms with van der Waals surface area (Å²) in [6.07, 6.45) is 3.78. The van der Waals surface area contributed by atoms with E-state index >= 15 is 0 Å². The van der Waals surface area contributed by atoms with E-state index in [1.807, 2.05) is 19.2 Å². The number of hydrogen-bond donors (Lipinski definition) is 2. The molecule has 0 saturated carbocycles. The van der Waals surface area contributed by atoms with Crippen molar-refractivity contribution in [3.05, 3.63) is 42.1 Å². The van der Waals surface area contributed by atoms with Gasteiger partial charge in [0.15, 0.2) is 0 Å². The fraction of sp³-hybridized carbons (Fsp3) is 0.421. The molecule has 0 radical (unpaired) electrons. The number of piperidine rings is 1. The third kappa shape index (κ3) is 2.87. The molecule has 1 aromatic carbocycles. The highest BCUT2D eigenvalue weighted by Crippen LogP contribution is 2.30. The van der Waals surface area contributed by atoms with E-state index in [4.69, 9.17) is 0 Å². The average Bonchev–Trinajstić information content (AvgIpc) is 2.89. The first-order chi connectivity index (χ1) is 12.1. The molecule has 2 fully saturated rings. The van der Waals surface area contributed by atoms with Crippen LogP contribution in [-0.4, -0.2) is 40.5 Å². The number of hydrogen-bond acceptors (Lipinski definition) is 4. The number of fused-ring (bicyclic) bond motifs is 1. The number of rotatable bonds is 3. The number of likely N-dealkylation sites (tertiary alicyclic amines) is 1. The molecule has 6 nitrogen and oxygen atoms in total. The number of aromatic nitrogens is 1. The SMILES string of the molecule is C[C@]1([C@H]2CCCN(Cc3cccc4cccnc34)C2)NC(=O)NC1=O. The third-order valence-corrected chi connectivity index (χ3v) is 5.50. The minimum atomic E-state index is -0.813. The smallest absolute Gasteiger partial charge is 0.322 e. The highest BCUT2D eigenvalue weighted by Gasteiger charge is 2.48. The maximum Gasteiger partial charge on any atom is 0.322 e. The van der Waals surface area contributed by atoms with E-state index in [0.717, 1.165) is 43.4 Å². The fourth-order valence-corrected chi connectivity index (χ4v) is 4.05. The summed E-state index contributed by atoms with van der Waals surface area (Å²) >= 11 is 0. The number of carbonyl (C=O) groups excluding carboxylic acids is 2. The van der Waals surface area contributed by atoms with Gasteiger partial charge in [0.25, 0.3) is 5.91 Å². The Bertz CT molecular complexity index is 832. The molecular formula is C19H22N4O2. The van der Waals surface area contributed by atoms with E-state index in [0.29, 0.717) is 0 Å². The second-order valence-electron chi connectivity index (χ2n) is 7.18. The Morgan fingerprint density at radius 1 is 1.28 bits per heavy atom. The van der Waals surface area contributed by atoms with Gasteiger partial charge in [-0.15, -0.1) is 0 Å². The largest absolute Gasteiger partial charge is 0.323 e. The van der Waals surface area contributed by atoms with E-state index in [1.165, 1.54) is 5.56 Å². The van der Waals surface area contributed by atoms with Crippen LogP contribution in [0.1, 0.15) is 25.3 Å². The molecule has 2 aliphatic heterocycles. The Hall–Kier alpha value is -2.47. The summed E-state index contributed by atoms with van der Waals surface area (Å²) in [5.41, 5.74) is 1.42. The Kier molecular flexibility index (Phi) is 3.92. The third-order valence-electron chi connectivity index (χ3n) is 5.50. The number of carbonyl (C=O) groups is 2. The van der Waals surface area contributed by atoms with Gasteiger partial charge < -0.3 is 5.32 Å². The van der Waals surface area contributed by atoms with Crippen LogP contribution in [-0.2, 0) is 11.3 Å². The van der Waals surface area contributed by atoms with Crippen LogP contribution in [0.25, 0.3) is 10.9 Å². The molecule has 130 valence electrons. The van der Waals surface area contributed by atoms with Gasteiger partial charge in [-0.2, -0.15) is 0 Å². The van der Waals surface area contributed by atoms with Crippen LogP contribution < -0.4 is 10.6 Å². The van der Waals surface area contributed by atoms with Gasteiger partial charge >= 0.3 is 6.03 Å². The maximum absolute atomic E-state index is 12.2. The van der Waals surface area contributed by atoms with E-state index in [9.17, 15) is 9.59 Å². The molecule has 2 saturated heterocycles. The molecule has 0 unspecified atom stereocenters. The number of para-hydroxylation sites is 1. The van der Waals surface area contributed by atoms with E-state index < -0.39 is 5.54 Å². The number of benzene rings is 1.